The molecule has 2 heterocycles. The molecule has 1 aromatic carbocycles. The van der Waals surface area contributed by atoms with Crippen LogP contribution in [0.2, 0.25) is 0 Å². The SMILES string of the molecule is COC(=O)c1ccc([C@@H]2C=C(c3cccs3)CC=N2)cc1. The van der Waals surface area contributed by atoms with E-state index in [0.29, 0.717) is 5.56 Å². The lowest BCUT2D eigenvalue weighted by Crippen LogP contribution is -2.03. The maximum absolute atomic E-state index is 11.4. The van der Waals surface area contributed by atoms with Crippen molar-refractivity contribution in [2.75, 3.05) is 7.11 Å². The van der Waals surface area contributed by atoms with Crippen LogP contribution in [0.3, 0.4) is 0 Å². The molecule has 0 saturated carbocycles. The molecule has 0 aliphatic carbocycles. The van der Waals surface area contributed by atoms with Gasteiger partial charge in [0.1, 0.15) is 0 Å². The van der Waals surface area contributed by atoms with Crippen molar-refractivity contribution in [3.8, 4) is 0 Å². The van der Waals surface area contributed by atoms with Gasteiger partial charge >= 0.3 is 5.97 Å². The monoisotopic (exact) mass is 297 g/mol. The van der Waals surface area contributed by atoms with E-state index in [4.69, 9.17) is 4.74 Å². The normalized spacial score (nSPS) is 17.4. The second-order valence-corrected chi connectivity index (χ2v) is 5.71. The van der Waals surface area contributed by atoms with Crippen LogP contribution < -0.4 is 0 Å². The highest BCUT2D eigenvalue weighted by Gasteiger charge is 2.14. The molecule has 0 bridgehead atoms. The van der Waals surface area contributed by atoms with Crippen molar-refractivity contribution in [3.05, 3.63) is 63.9 Å². The minimum Gasteiger partial charge on any atom is -0.465 e. The van der Waals surface area contributed by atoms with Gasteiger partial charge in [-0.3, -0.25) is 4.99 Å². The number of allylic oxidation sites excluding steroid dienone is 1. The molecule has 2 aromatic rings. The second kappa shape index (κ2) is 6.06. The number of thiophene rings is 1. The topological polar surface area (TPSA) is 38.7 Å². The lowest BCUT2D eigenvalue weighted by atomic mass is 9.99. The van der Waals surface area contributed by atoms with E-state index < -0.39 is 0 Å². The Kier molecular flexibility index (Phi) is 3.97. The molecule has 1 aromatic heterocycles. The standard InChI is InChI=1S/C17H15NO2S/c1-20-17(19)13-6-4-12(5-7-13)15-11-14(8-9-18-15)16-3-2-10-21-16/h2-7,9-11,15H,8H2,1H3/t15-/m0/s1. The summed E-state index contributed by atoms with van der Waals surface area (Å²) in [4.78, 5) is 17.3. The van der Waals surface area contributed by atoms with Crippen molar-refractivity contribution in [1.82, 2.24) is 0 Å². The van der Waals surface area contributed by atoms with Gasteiger partial charge in [0, 0.05) is 17.5 Å². The number of esters is 1. The number of rotatable bonds is 3. The van der Waals surface area contributed by atoms with E-state index >= 15 is 0 Å². The number of hydrogen-bond donors (Lipinski definition) is 0. The maximum Gasteiger partial charge on any atom is 0.337 e. The average molecular weight is 297 g/mol. The van der Waals surface area contributed by atoms with Gasteiger partial charge in [0.05, 0.1) is 18.7 Å². The molecule has 3 rings (SSSR count). The molecule has 0 amide bonds. The minimum absolute atomic E-state index is 0.0162. The highest BCUT2D eigenvalue weighted by molar-refractivity contribution is 7.11. The quantitative estimate of drug-likeness (QED) is 0.799. The van der Waals surface area contributed by atoms with E-state index in [9.17, 15) is 4.79 Å². The summed E-state index contributed by atoms with van der Waals surface area (Å²) in [6, 6.07) is 11.6. The number of hydrogen-bond acceptors (Lipinski definition) is 4. The highest BCUT2D eigenvalue weighted by Crippen LogP contribution is 2.31. The minimum atomic E-state index is -0.316. The molecule has 21 heavy (non-hydrogen) atoms. The maximum atomic E-state index is 11.4. The van der Waals surface area contributed by atoms with E-state index in [2.05, 4.69) is 28.6 Å². The lowest BCUT2D eigenvalue weighted by Gasteiger charge is -2.15. The smallest absolute Gasteiger partial charge is 0.337 e. The molecule has 1 aliphatic rings. The summed E-state index contributed by atoms with van der Waals surface area (Å²) in [5, 5.41) is 2.09. The summed E-state index contributed by atoms with van der Waals surface area (Å²) in [5.74, 6) is -0.316. The van der Waals surface area contributed by atoms with Crippen molar-refractivity contribution in [3.63, 3.8) is 0 Å². The van der Waals surface area contributed by atoms with Crippen molar-refractivity contribution < 1.29 is 9.53 Å². The van der Waals surface area contributed by atoms with Gasteiger partial charge in [0.25, 0.3) is 0 Å². The number of carbonyl (C=O) groups excluding carboxylic acids is 1. The Morgan fingerprint density at radius 3 is 2.76 bits per heavy atom. The predicted octanol–water partition coefficient (Wildman–Crippen LogP) is 4.13. The van der Waals surface area contributed by atoms with Crippen LogP contribution in [-0.2, 0) is 4.74 Å². The Bertz CT molecular complexity index is 684. The van der Waals surface area contributed by atoms with Crippen molar-refractivity contribution >= 4 is 29.1 Å². The molecule has 0 spiro atoms. The third-order valence-corrected chi connectivity index (χ3v) is 4.39. The van der Waals surface area contributed by atoms with Gasteiger partial charge < -0.3 is 4.74 Å². The molecule has 0 unspecified atom stereocenters. The van der Waals surface area contributed by atoms with Crippen molar-refractivity contribution in [1.29, 1.82) is 0 Å². The van der Waals surface area contributed by atoms with Gasteiger partial charge in [-0.15, -0.1) is 11.3 Å². The van der Waals surface area contributed by atoms with Crippen LogP contribution in [0.4, 0.5) is 0 Å². The number of aliphatic imine (C=N–C) groups is 1. The summed E-state index contributed by atoms with van der Waals surface area (Å²) < 4.78 is 4.71. The predicted molar refractivity (Wildman–Crippen MR) is 85.9 cm³/mol. The first kappa shape index (κ1) is 13.8. The first-order valence-electron chi connectivity index (χ1n) is 6.72. The van der Waals surface area contributed by atoms with Crippen LogP contribution in [0, 0.1) is 0 Å². The molecule has 106 valence electrons. The summed E-state index contributed by atoms with van der Waals surface area (Å²) in [6.07, 6.45) is 5.03. The Morgan fingerprint density at radius 1 is 1.29 bits per heavy atom. The summed E-state index contributed by atoms with van der Waals surface area (Å²) in [5.41, 5.74) is 2.94. The largest absolute Gasteiger partial charge is 0.465 e. The van der Waals surface area contributed by atoms with Gasteiger partial charge in [-0.2, -0.15) is 0 Å². The fraction of sp³-hybridized carbons (Fsp3) is 0.176. The molecule has 3 nitrogen and oxygen atoms in total. The number of carbonyl (C=O) groups is 1. The molecule has 1 atom stereocenters. The molecule has 0 fully saturated rings. The molecule has 0 saturated heterocycles. The molecular formula is C17H15NO2S. The van der Waals surface area contributed by atoms with Gasteiger partial charge in [-0.25, -0.2) is 4.79 Å². The molecule has 4 heteroatoms. The van der Waals surface area contributed by atoms with E-state index in [1.807, 2.05) is 18.3 Å². The van der Waals surface area contributed by atoms with Crippen LogP contribution in [0.15, 0.2) is 52.8 Å². The number of dihydropyridines is 1. The third-order valence-electron chi connectivity index (χ3n) is 3.45. The molecule has 1 aliphatic heterocycles. The van der Waals surface area contributed by atoms with Crippen LogP contribution in [0.25, 0.3) is 5.57 Å². The van der Waals surface area contributed by atoms with Gasteiger partial charge in [-0.1, -0.05) is 24.3 Å². The summed E-state index contributed by atoms with van der Waals surface area (Å²) >= 11 is 1.74. The van der Waals surface area contributed by atoms with E-state index in [0.717, 1.165) is 12.0 Å². The van der Waals surface area contributed by atoms with Gasteiger partial charge in [0.15, 0.2) is 0 Å². The van der Waals surface area contributed by atoms with Crippen molar-refractivity contribution in [2.45, 2.75) is 12.5 Å². The zero-order valence-electron chi connectivity index (χ0n) is 11.7. The second-order valence-electron chi connectivity index (χ2n) is 4.76. The lowest BCUT2D eigenvalue weighted by molar-refractivity contribution is 0.0600. The van der Waals surface area contributed by atoms with Crippen LogP contribution in [0.1, 0.15) is 33.3 Å². The average Bonchev–Trinajstić information content (AvgIpc) is 3.09. The molecule has 0 radical (unpaired) electrons. The Morgan fingerprint density at radius 2 is 2.10 bits per heavy atom. The van der Waals surface area contributed by atoms with E-state index in [-0.39, 0.29) is 12.0 Å². The first-order valence-corrected chi connectivity index (χ1v) is 7.60. The zero-order valence-corrected chi connectivity index (χ0v) is 12.5. The van der Waals surface area contributed by atoms with Crippen LogP contribution in [-0.4, -0.2) is 19.3 Å². The number of nitrogens with zero attached hydrogens (tertiary/aromatic N) is 1. The summed E-state index contributed by atoms with van der Waals surface area (Å²) in [7, 11) is 1.39. The van der Waals surface area contributed by atoms with Crippen molar-refractivity contribution in [2.24, 2.45) is 4.99 Å². The number of methoxy groups -OCH3 is 1. The van der Waals surface area contributed by atoms with Crippen LogP contribution >= 0.6 is 11.3 Å². The number of ether oxygens (including phenoxy) is 1. The summed E-state index contributed by atoms with van der Waals surface area (Å²) in [6.45, 7) is 0. The Hall–Kier alpha value is -2.20. The van der Waals surface area contributed by atoms with Crippen LogP contribution in [0.5, 0.6) is 0 Å². The Labute approximate surface area is 127 Å². The molecule has 0 N–H and O–H groups in total. The van der Waals surface area contributed by atoms with E-state index in [1.54, 1.807) is 23.5 Å². The van der Waals surface area contributed by atoms with Gasteiger partial charge in [-0.05, 0) is 34.7 Å². The highest BCUT2D eigenvalue weighted by atomic mass is 32.1. The number of benzene rings is 1. The third kappa shape index (κ3) is 2.95. The van der Waals surface area contributed by atoms with E-state index in [1.165, 1.54) is 17.6 Å². The molecular weight excluding hydrogens is 282 g/mol. The van der Waals surface area contributed by atoms with Gasteiger partial charge in [0.2, 0.25) is 0 Å². The zero-order chi connectivity index (χ0) is 14.7. The first-order chi connectivity index (χ1) is 10.3. The fourth-order valence-corrected chi connectivity index (χ4v) is 3.09. The fourth-order valence-electron chi connectivity index (χ4n) is 2.33. The Balaban J connectivity index is 1.84.